The molecule has 0 aliphatic heterocycles. The van der Waals surface area contributed by atoms with Crippen LogP contribution in [0.3, 0.4) is 0 Å². The van der Waals surface area contributed by atoms with E-state index in [9.17, 15) is 4.39 Å². The Morgan fingerprint density at radius 1 is 1.06 bits per heavy atom. The monoisotopic (exact) mass is 228 g/mol. The Hall–Kier alpha value is -2.43. The van der Waals surface area contributed by atoms with Crippen molar-refractivity contribution in [1.29, 1.82) is 0 Å². The summed E-state index contributed by atoms with van der Waals surface area (Å²) in [5.41, 5.74) is 6.25. The Labute approximate surface area is 96.3 Å². The molecule has 0 aliphatic carbocycles. The molecular weight excluding hydrogens is 219 g/mol. The number of fused-ring (bicyclic) bond motifs is 1. The average molecular weight is 228 g/mol. The number of nitrogens with one attached hydrogen (secondary N) is 1. The fraction of sp³-hybridized carbons (Fsp3) is 0. The van der Waals surface area contributed by atoms with Crippen LogP contribution in [-0.2, 0) is 0 Å². The molecule has 4 nitrogen and oxygen atoms in total. The molecule has 0 fully saturated rings. The number of benzene rings is 2. The summed E-state index contributed by atoms with van der Waals surface area (Å²) in [5.74, 6) is 0.462. The third-order valence-corrected chi connectivity index (χ3v) is 2.63. The maximum Gasteiger partial charge on any atom is 0.239 e. The van der Waals surface area contributed by atoms with Crippen molar-refractivity contribution in [2.45, 2.75) is 0 Å². The third-order valence-electron chi connectivity index (χ3n) is 2.63. The standard InChI is InChI=1S/C12H9FN4/c13-10-6-5-9(11-15-12(14)17-16-11)7-3-1-2-4-8(7)10/h1-6H,(H3,14,15,16,17). The molecular formula is C12H9FN4. The zero-order valence-electron chi connectivity index (χ0n) is 8.81. The summed E-state index contributed by atoms with van der Waals surface area (Å²) in [6, 6.07) is 10.3. The molecule has 0 saturated heterocycles. The predicted octanol–water partition coefficient (Wildman–Crippen LogP) is 2.35. The SMILES string of the molecule is Nc1n[nH]c(-c2ccc(F)c3ccccc23)n1. The number of rotatable bonds is 1. The molecule has 0 bridgehead atoms. The van der Waals surface area contributed by atoms with Gasteiger partial charge in [-0.1, -0.05) is 24.3 Å². The van der Waals surface area contributed by atoms with Gasteiger partial charge in [-0.3, -0.25) is 5.10 Å². The number of nitrogens with zero attached hydrogens (tertiary/aromatic N) is 2. The van der Waals surface area contributed by atoms with Crippen molar-refractivity contribution in [3.05, 3.63) is 42.2 Å². The molecule has 0 unspecified atom stereocenters. The van der Waals surface area contributed by atoms with E-state index in [0.29, 0.717) is 11.2 Å². The summed E-state index contributed by atoms with van der Waals surface area (Å²) >= 11 is 0. The first-order valence-corrected chi connectivity index (χ1v) is 5.11. The van der Waals surface area contributed by atoms with Gasteiger partial charge in [-0.05, 0) is 17.5 Å². The minimum atomic E-state index is -0.253. The number of halogens is 1. The van der Waals surface area contributed by atoms with Crippen molar-refractivity contribution in [3.8, 4) is 11.4 Å². The quantitative estimate of drug-likeness (QED) is 0.671. The van der Waals surface area contributed by atoms with Crippen molar-refractivity contribution in [1.82, 2.24) is 15.2 Å². The second-order valence-corrected chi connectivity index (χ2v) is 3.68. The van der Waals surface area contributed by atoms with Crippen molar-refractivity contribution < 1.29 is 4.39 Å². The van der Waals surface area contributed by atoms with E-state index >= 15 is 0 Å². The van der Waals surface area contributed by atoms with E-state index in [1.165, 1.54) is 6.07 Å². The summed E-state index contributed by atoms with van der Waals surface area (Å²) in [7, 11) is 0. The van der Waals surface area contributed by atoms with Gasteiger partial charge in [0.05, 0.1) is 0 Å². The molecule has 3 aromatic rings. The van der Waals surface area contributed by atoms with E-state index in [0.717, 1.165) is 10.9 Å². The van der Waals surface area contributed by atoms with Crippen LogP contribution in [0.4, 0.5) is 10.3 Å². The van der Waals surface area contributed by atoms with Gasteiger partial charge in [-0.25, -0.2) is 4.39 Å². The van der Waals surface area contributed by atoms with E-state index < -0.39 is 0 Å². The van der Waals surface area contributed by atoms with Crippen LogP contribution in [-0.4, -0.2) is 15.2 Å². The van der Waals surface area contributed by atoms with Gasteiger partial charge in [0.15, 0.2) is 5.82 Å². The van der Waals surface area contributed by atoms with E-state index in [2.05, 4.69) is 15.2 Å². The fourth-order valence-corrected chi connectivity index (χ4v) is 1.86. The van der Waals surface area contributed by atoms with Gasteiger partial charge in [-0.2, -0.15) is 4.98 Å². The number of nitrogen functional groups attached to an aromatic ring is 1. The highest BCUT2D eigenvalue weighted by molar-refractivity contribution is 5.95. The number of hydrogen-bond donors (Lipinski definition) is 2. The van der Waals surface area contributed by atoms with E-state index in [-0.39, 0.29) is 11.8 Å². The van der Waals surface area contributed by atoms with Gasteiger partial charge >= 0.3 is 0 Å². The predicted molar refractivity (Wildman–Crippen MR) is 63.7 cm³/mol. The highest BCUT2D eigenvalue weighted by Crippen LogP contribution is 2.28. The Morgan fingerprint density at radius 3 is 2.53 bits per heavy atom. The molecule has 3 rings (SSSR count). The van der Waals surface area contributed by atoms with Crippen LogP contribution in [0.25, 0.3) is 22.2 Å². The minimum Gasteiger partial charge on any atom is -0.366 e. The van der Waals surface area contributed by atoms with Crippen LogP contribution in [0, 0.1) is 5.82 Å². The first-order chi connectivity index (χ1) is 8.25. The van der Waals surface area contributed by atoms with Crippen LogP contribution in [0.2, 0.25) is 0 Å². The largest absolute Gasteiger partial charge is 0.366 e. The third kappa shape index (κ3) is 1.52. The van der Waals surface area contributed by atoms with Gasteiger partial charge in [0.2, 0.25) is 5.95 Å². The first-order valence-electron chi connectivity index (χ1n) is 5.11. The van der Waals surface area contributed by atoms with Crippen molar-refractivity contribution in [2.75, 3.05) is 5.73 Å². The molecule has 0 saturated carbocycles. The highest BCUT2D eigenvalue weighted by atomic mass is 19.1. The molecule has 0 amide bonds. The zero-order chi connectivity index (χ0) is 11.8. The molecule has 1 heterocycles. The normalized spacial score (nSPS) is 10.9. The second kappa shape index (κ2) is 3.55. The van der Waals surface area contributed by atoms with Crippen LogP contribution in [0.1, 0.15) is 0 Å². The number of aromatic amines is 1. The summed E-state index contributed by atoms with van der Waals surface area (Å²) < 4.78 is 13.6. The summed E-state index contributed by atoms with van der Waals surface area (Å²) in [6.45, 7) is 0. The molecule has 0 spiro atoms. The fourth-order valence-electron chi connectivity index (χ4n) is 1.86. The molecule has 2 aromatic carbocycles. The van der Waals surface area contributed by atoms with Gasteiger partial charge in [-0.15, -0.1) is 5.10 Å². The molecule has 0 radical (unpaired) electrons. The van der Waals surface area contributed by atoms with Gasteiger partial charge in [0.1, 0.15) is 5.82 Å². The number of anilines is 1. The molecule has 1 aromatic heterocycles. The second-order valence-electron chi connectivity index (χ2n) is 3.68. The van der Waals surface area contributed by atoms with E-state index in [1.54, 1.807) is 18.2 Å². The average Bonchev–Trinajstić information content (AvgIpc) is 2.77. The Kier molecular flexibility index (Phi) is 2.04. The minimum absolute atomic E-state index is 0.174. The number of aromatic nitrogens is 3. The Morgan fingerprint density at radius 2 is 1.82 bits per heavy atom. The molecule has 3 N–H and O–H groups in total. The number of H-pyrrole nitrogens is 1. The lowest BCUT2D eigenvalue weighted by molar-refractivity contribution is 0.640. The summed E-state index contributed by atoms with van der Waals surface area (Å²) in [6.07, 6.45) is 0. The van der Waals surface area contributed by atoms with Crippen molar-refractivity contribution in [3.63, 3.8) is 0 Å². The lowest BCUT2D eigenvalue weighted by atomic mass is 10.0. The molecule has 17 heavy (non-hydrogen) atoms. The van der Waals surface area contributed by atoms with Crippen molar-refractivity contribution in [2.24, 2.45) is 0 Å². The molecule has 0 atom stereocenters. The maximum absolute atomic E-state index is 13.6. The lowest BCUT2D eigenvalue weighted by Gasteiger charge is -2.04. The van der Waals surface area contributed by atoms with Crippen LogP contribution in [0.15, 0.2) is 36.4 Å². The molecule has 0 aliphatic rings. The summed E-state index contributed by atoms with van der Waals surface area (Å²) in [5, 5.41) is 7.83. The highest BCUT2D eigenvalue weighted by Gasteiger charge is 2.10. The van der Waals surface area contributed by atoms with Gasteiger partial charge in [0, 0.05) is 10.9 Å². The van der Waals surface area contributed by atoms with Gasteiger partial charge < -0.3 is 5.73 Å². The smallest absolute Gasteiger partial charge is 0.239 e. The summed E-state index contributed by atoms with van der Waals surface area (Å²) in [4.78, 5) is 4.05. The van der Waals surface area contributed by atoms with Crippen LogP contribution in [0.5, 0.6) is 0 Å². The number of hydrogen-bond acceptors (Lipinski definition) is 3. The Balaban J connectivity index is 2.34. The lowest BCUT2D eigenvalue weighted by Crippen LogP contribution is -1.87. The maximum atomic E-state index is 13.6. The van der Waals surface area contributed by atoms with Crippen LogP contribution >= 0.6 is 0 Å². The van der Waals surface area contributed by atoms with Crippen molar-refractivity contribution >= 4 is 16.7 Å². The number of nitrogens with two attached hydrogens (primary N) is 1. The molecule has 84 valence electrons. The van der Waals surface area contributed by atoms with Gasteiger partial charge in [0.25, 0.3) is 0 Å². The van der Waals surface area contributed by atoms with E-state index in [1.807, 2.05) is 12.1 Å². The topological polar surface area (TPSA) is 67.6 Å². The first kappa shape index (κ1) is 9.77. The zero-order valence-corrected chi connectivity index (χ0v) is 8.81. The molecule has 5 heteroatoms. The van der Waals surface area contributed by atoms with E-state index in [4.69, 9.17) is 5.73 Å². The van der Waals surface area contributed by atoms with Crippen LogP contribution < -0.4 is 5.73 Å². The Bertz CT molecular complexity index is 690.